The van der Waals surface area contributed by atoms with E-state index in [0.717, 1.165) is 48.7 Å². The van der Waals surface area contributed by atoms with E-state index in [9.17, 15) is 8.78 Å². The lowest BCUT2D eigenvalue weighted by Crippen LogP contribution is -2.29. The zero-order valence-electron chi connectivity index (χ0n) is 13.4. The molecule has 0 spiro atoms. The molecule has 0 saturated carbocycles. The molecule has 1 aliphatic heterocycles. The summed E-state index contributed by atoms with van der Waals surface area (Å²) in [5, 5.41) is 3.35. The molecule has 24 heavy (non-hydrogen) atoms. The average molecular weight is 328 g/mol. The van der Waals surface area contributed by atoms with Gasteiger partial charge in [0, 0.05) is 17.8 Å². The molecule has 3 heterocycles. The minimum atomic E-state index is -0.861. The number of benzene rings is 1. The van der Waals surface area contributed by atoms with Crippen LogP contribution in [0.4, 0.5) is 8.78 Å². The normalized spacial score (nSPS) is 16.0. The predicted octanol–water partition coefficient (Wildman–Crippen LogP) is 3.61. The van der Waals surface area contributed by atoms with Crippen molar-refractivity contribution in [1.82, 2.24) is 19.9 Å². The van der Waals surface area contributed by atoms with E-state index < -0.39 is 11.6 Å². The van der Waals surface area contributed by atoms with Crippen molar-refractivity contribution in [1.29, 1.82) is 0 Å². The van der Waals surface area contributed by atoms with Gasteiger partial charge in [0.15, 0.2) is 17.3 Å². The molecule has 1 aliphatic rings. The van der Waals surface area contributed by atoms with Gasteiger partial charge >= 0.3 is 0 Å². The first kappa shape index (κ1) is 15.2. The van der Waals surface area contributed by atoms with E-state index in [1.54, 1.807) is 6.07 Å². The van der Waals surface area contributed by atoms with Crippen LogP contribution in [-0.2, 0) is 0 Å². The third-order valence-electron chi connectivity index (χ3n) is 4.52. The Labute approximate surface area is 138 Å². The number of aryl methyl sites for hydroxylation is 1. The summed E-state index contributed by atoms with van der Waals surface area (Å²) in [5.74, 6) is -1.06. The Morgan fingerprint density at radius 3 is 2.67 bits per heavy atom. The molecule has 0 atom stereocenters. The van der Waals surface area contributed by atoms with Crippen molar-refractivity contribution in [2.75, 3.05) is 13.1 Å². The van der Waals surface area contributed by atoms with Crippen molar-refractivity contribution in [3.8, 4) is 11.4 Å². The summed E-state index contributed by atoms with van der Waals surface area (Å²) in [6.07, 6.45) is 3.73. The molecule has 1 aromatic carbocycles. The Morgan fingerprint density at radius 2 is 1.92 bits per heavy atom. The largest absolute Gasteiger partial charge is 0.317 e. The monoisotopic (exact) mass is 328 g/mol. The van der Waals surface area contributed by atoms with Gasteiger partial charge < -0.3 is 9.88 Å². The molecule has 0 bridgehead atoms. The Hall–Kier alpha value is -2.34. The Balaban J connectivity index is 1.93. The van der Waals surface area contributed by atoms with E-state index in [-0.39, 0.29) is 6.04 Å². The van der Waals surface area contributed by atoms with Gasteiger partial charge in [-0.15, -0.1) is 0 Å². The number of hydrogen-bond donors (Lipinski definition) is 1. The Kier molecular flexibility index (Phi) is 3.76. The van der Waals surface area contributed by atoms with Gasteiger partial charge in [0.1, 0.15) is 11.3 Å². The maximum Gasteiger partial charge on any atom is 0.160 e. The summed E-state index contributed by atoms with van der Waals surface area (Å²) >= 11 is 0. The van der Waals surface area contributed by atoms with Crippen molar-refractivity contribution in [3.63, 3.8) is 0 Å². The van der Waals surface area contributed by atoms with Crippen LogP contribution in [-0.4, -0.2) is 27.6 Å². The average Bonchev–Trinajstić information content (AvgIpc) is 2.96. The van der Waals surface area contributed by atoms with Crippen LogP contribution in [0, 0.1) is 18.6 Å². The highest BCUT2D eigenvalue weighted by Gasteiger charge is 2.23. The molecule has 4 nitrogen and oxygen atoms in total. The number of nitrogens with one attached hydrogen (secondary N) is 1. The number of fused-ring (bicyclic) bond motifs is 1. The number of halogens is 2. The second-order valence-electron chi connectivity index (χ2n) is 6.27. The topological polar surface area (TPSA) is 42.7 Å². The number of hydrogen-bond acceptors (Lipinski definition) is 3. The van der Waals surface area contributed by atoms with Crippen LogP contribution in [0.15, 0.2) is 30.5 Å². The highest BCUT2D eigenvalue weighted by Crippen LogP contribution is 2.32. The molecule has 2 aromatic heterocycles. The fraction of sp³-hybridized carbons (Fsp3) is 0.333. The van der Waals surface area contributed by atoms with Crippen LogP contribution in [0.25, 0.3) is 22.6 Å². The van der Waals surface area contributed by atoms with Crippen molar-refractivity contribution in [3.05, 3.63) is 47.7 Å². The minimum absolute atomic E-state index is 0.245. The van der Waals surface area contributed by atoms with Gasteiger partial charge in [0.2, 0.25) is 0 Å². The molecule has 0 aliphatic carbocycles. The number of imidazole rings is 1. The van der Waals surface area contributed by atoms with E-state index in [2.05, 4.69) is 19.9 Å². The van der Waals surface area contributed by atoms with Crippen molar-refractivity contribution < 1.29 is 8.78 Å². The highest BCUT2D eigenvalue weighted by molar-refractivity contribution is 5.78. The number of rotatable bonds is 2. The molecule has 0 radical (unpaired) electrons. The predicted molar refractivity (Wildman–Crippen MR) is 88.8 cm³/mol. The number of pyridine rings is 1. The molecule has 6 heteroatoms. The van der Waals surface area contributed by atoms with Crippen molar-refractivity contribution in [2.45, 2.75) is 25.8 Å². The molecular weight excluding hydrogens is 310 g/mol. The van der Waals surface area contributed by atoms with Crippen LogP contribution >= 0.6 is 0 Å². The summed E-state index contributed by atoms with van der Waals surface area (Å²) in [6, 6.07) is 6.15. The second-order valence-corrected chi connectivity index (χ2v) is 6.27. The van der Waals surface area contributed by atoms with Crippen LogP contribution < -0.4 is 5.32 Å². The maximum atomic E-state index is 13.7. The summed E-state index contributed by atoms with van der Waals surface area (Å²) < 4.78 is 29.1. The zero-order chi connectivity index (χ0) is 16.7. The first-order chi connectivity index (χ1) is 11.6. The van der Waals surface area contributed by atoms with Crippen LogP contribution in [0.5, 0.6) is 0 Å². The van der Waals surface area contributed by atoms with Crippen molar-refractivity contribution in [2.24, 2.45) is 0 Å². The van der Waals surface area contributed by atoms with Gasteiger partial charge in [-0.05, 0) is 62.7 Å². The van der Waals surface area contributed by atoms with Gasteiger partial charge in [-0.25, -0.2) is 18.7 Å². The number of nitrogens with zero attached hydrogens (tertiary/aromatic N) is 3. The van der Waals surface area contributed by atoms with Gasteiger partial charge in [0.25, 0.3) is 0 Å². The molecular formula is C18H18F2N4. The van der Waals surface area contributed by atoms with Gasteiger partial charge in [0.05, 0.1) is 0 Å². The fourth-order valence-corrected chi connectivity index (χ4v) is 3.33. The summed E-state index contributed by atoms with van der Waals surface area (Å²) in [6.45, 7) is 3.81. The van der Waals surface area contributed by atoms with E-state index in [1.165, 1.54) is 6.07 Å². The first-order valence-corrected chi connectivity index (χ1v) is 8.14. The standard InChI is InChI=1S/C18H18F2N4/c1-11-8-16-18(22-10-11)24(13-4-6-21-7-5-13)17(23-16)12-2-3-14(19)15(20)9-12/h2-3,8-10,13,21H,4-7H2,1H3. The Morgan fingerprint density at radius 1 is 1.12 bits per heavy atom. The van der Waals surface area contributed by atoms with Crippen LogP contribution in [0.3, 0.4) is 0 Å². The molecule has 0 amide bonds. The van der Waals surface area contributed by atoms with E-state index in [0.29, 0.717) is 11.4 Å². The lowest BCUT2D eigenvalue weighted by Gasteiger charge is -2.26. The second kappa shape index (κ2) is 5.94. The number of piperidine rings is 1. The summed E-state index contributed by atoms with van der Waals surface area (Å²) in [4.78, 5) is 9.23. The van der Waals surface area contributed by atoms with Gasteiger partial charge in [-0.1, -0.05) is 0 Å². The number of aromatic nitrogens is 3. The lowest BCUT2D eigenvalue weighted by atomic mass is 10.1. The fourth-order valence-electron chi connectivity index (χ4n) is 3.33. The lowest BCUT2D eigenvalue weighted by molar-refractivity contribution is 0.376. The minimum Gasteiger partial charge on any atom is -0.317 e. The third-order valence-corrected chi connectivity index (χ3v) is 4.52. The van der Waals surface area contributed by atoms with Gasteiger partial charge in [-0.3, -0.25) is 0 Å². The maximum absolute atomic E-state index is 13.7. The summed E-state index contributed by atoms with van der Waals surface area (Å²) in [7, 11) is 0. The molecule has 3 aromatic rings. The quantitative estimate of drug-likeness (QED) is 0.781. The molecule has 124 valence electrons. The van der Waals surface area contributed by atoms with Gasteiger partial charge in [-0.2, -0.15) is 0 Å². The third kappa shape index (κ3) is 2.57. The van der Waals surface area contributed by atoms with E-state index >= 15 is 0 Å². The molecule has 4 rings (SSSR count). The summed E-state index contributed by atoms with van der Waals surface area (Å²) in [5.41, 5.74) is 3.18. The van der Waals surface area contributed by atoms with E-state index in [4.69, 9.17) is 0 Å². The highest BCUT2D eigenvalue weighted by atomic mass is 19.2. The molecule has 1 saturated heterocycles. The van der Waals surface area contributed by atoms with Crippen molar-refractivity contribution >= 4 is 11.2 Å². The van der Waals surface area contributed by atoms with Crippen LogP contribution in [0.1, 0.15) is 24.4 Å². The zero-order valence-corrected chi connectivity index (χ0v) is 13.4. The SMILES string of the molecule is Cc1cnc2c(c1)nc(-c1ccc(F)c(F)c1)n2C1CCNCC1. The first-order valence-electron chi connectivity index (χ1n) is 8.14. The van der Waals surface area contributed by atoms with E-state index in [1.807, 2.05) is 19.2 Å². The molecule has 1 N–H and O–H groups in total. The molecule has 1 fully saturated rings. The Bertz CT molecular complexity index is 897. The molecule has 0 unspecified atom stereocenters. The van der Waals surface area contributed by atoms with Crippen LogP contribution in [0.2, 0.25) is 0 Å². The smallest absolute Gasteiger partial charge is 0.160 e.